The van der Waals surface area contributed by atoms with Crippen LogP contribution in [0.2, 0.25) is 5.02 Å². The van der Waals surface area contributed by atoms with Crippen molar-refractivity contribution in [3.63, 3.8) is 0 Å². The van der Waals surface area contributed by atoms with Crippen LogP contribution in [0.5, 0.6) is 5.75 Å². The van der Waals surface area contributed by atoms with Crippen LogP contribution in [-0.4, -0.2) is 28.6 Å². The SMILES string of the molecule is CCc1ccc(OCCCn2c([C@@H]3CC(=O)N(c4cccc(Cl)c4)C3)nc3ccccc32)cc1. The largest absolute Gasteiger partial charge is 0.494 e. The number of aryl methyl sites for hydroxylation is 2. The van der Waals surface area contributed by atoms with Crippen LogP contribution in [-0.2, 0) is 17.8 Å². The molecule has 1 aliphatic heterocycles. The normalized spacial score (nSPS) is 15.9. The molecule has 1 atom stereocenters. The smallest absolute Gasteiger partial charge is 0.227 e. The summed E-state index contributed by atoms with van der Waals surface area (Å²) >= 11 is 6.17. The number of imidazole rings is 1. The summed E-state index contributed by atoms with van der Waals surface area (Å²) in [7, 11) is 0. The number of amides is 1. The van der Waals surface area contributed by atoms with Crippen molar-refractivity contribution in [2.75, 3.05) is 18.1 Å². The maximum Gasteiger partial charge on any atom is 0.227 e. The molecule has 4 aromatic rings. The van der Waals surface area contributed by atoms with Gasteiger partial charge in [0, 0.05) is 36.1 Å². The summed E-state index contributed by atoms with van der Waals surface area (Å²) in [6, 6.07) is 23.9. The standard InChI is InChI=1S/C28H28ClN3O2/c1-2-20-11-13-24(14-12-20)34-16-6-15-31-26-10-4-3-9-25(26)30-28(31)21-17-27(33)32(19-21)23-8-5-7-22(29)18-23/h3-5,7-14,18,21H,2,6,15-17,19H2,1H3/t21-/m1/s1. The number of ether oxygens (including phenoxy) is 1. The molecule has 1 aromatic heterocycles. The second-order valence-electron chi connectivity index (χ2n) is 8.70. The third kappa shape index (κ3) is 4.66. The van der Waals surface area contributed by atoms with Crippen LogP contribution in [0.15, 0.2) is 72.8 Å². The molecule has 6 heteroatoms. The highest BCUT2D eigenvalue weighted by Crippen LogP contribution is 2.34. The minimum Gasteiger partial charge on any atom is -0.494 e. The van der Waals surface area contributed by atoms with Crippen LogP contribution in [0.3, 0.4) is 0 Å². The topological polar surface area (TPSA) is 47.4 Å². The van der Waals surface area contributed by atoms with Gasteiger partial charge >= 0.3 is 0 Å². The molecule has 0 saturated carbocycles. The van der Waals surface area contributed by atoms with Gasteiger partial charge in [0.15, 0.2) is 0 Å². The monoisotopic (exact) mass is 473 g/mol. The van der Waals surface area contributed by atoms with Crippen LogP contribution in [0.4, 0.5) is 5.69 Å². The molecule has 0 spiro atoms. The van der Waals surface area contributed by atoms with Crippen LogP contribution >= 0.6 is 11.6 Å². The summed E-state index contributed by atoms with van der Waals surface area (Å²) in [6.07, 6.45) is 2.31. The van der Waals surface area contributed by atoms with Gasteiger partial charge in [-0.2, -0.15) is 0 Å². The van der Waals surface area contributed by atoms with E-state index in [1.807, 2.05) is 59.5 Å². The van der Waals surface area contributed by atoms with E-state index in [0.29, 0.717) is 24.6 Å². The van der Waals surface area contributed by atoms with Gasteiger partial charge in [0.1, 0.15) is 11.6 Å². The number of para-hydroxylation sites is 2. The molecule has 174 valence electrons. The molecule has 1 amide bonds. The van der Waals surface area contributed by atoms with E-state index in [0.717, 1.165) is 47.7 Å². The molecule has 2 heterocycles. The molecule has 3 aromatic carbocycles. The second kappa shape index (κ2) is 9.90. The first-order valence-corrected chi connectivity index (χ1v) is 12.2. The van der Waals surface area contributed by atoms with Crippen molar-refractivity contribution in [3.8, 4) is 5.75 Å². The molecular weight excluding hydrogens is 446 g/mol. The minimum atomic E-state index is 0.0291. The summed E-state index contributed by atoms with van der Waals surface area (Å²) in [6.45, 7) is 4.15. The Morgan fingerprint density at radius 2 is 1.88 bits per heavy atom. The fourth-order valence-electron chi connectivity index (χ4n) is 4.65. The van der Waals surface area contributed by atoms with Crippen molar-refractivity contribution < 1.29 is 9.53 Å². The average molecular weight is 474 g/mol. The zero-order valence-corrected chi connectivity index (χ0v) is 20.0. The molecular formula is C28H28ClN3O2. The maximum absolute atomic E-state index is 12.9. The number of rotatable bonds is 8. The van der Waals surface area contributed by atoms with Crippen molar-refractivity contribution in [2.45, 2.75) is 38.6 Å². The van der Waals surface area contributed by atoms with Gasteiger partial charge in [0.25, 0.3) is 0 Å². The number of carbonyl (C=O) groups is 1. The van der Waals surface area contributed by atoms with E-state index in [9.17, 15) is 4.79 Å². The lowest BCUT2D eigenvalue weighted by Gasteiger charge is -2.18. The van der Waals surface area contributed by atoms with Crippen LogP contribution < -0.4 is 9.64 Å². The number of anilines is 1. The van der Waals surface area contributed by atoms with Gasteiger partial charge in [-0.1, -0.05) is 48.9 Å². The third-order valence-corrected chi connectivity index (χ3v) is 6.66. The van der Waals surface area contributed by atoms with E-state index in [4.69, 9.17) is 21.3 Å². The van der Waals surface area contributed by atoms with Crippen LogP contribution in [0.25, 0.3) is 11.0 Å². The van der Waals surface area contributed by atoms with E-state index in [1.165, 1.54) is 5.56 Å². The molecule has 5 nitrogen and oxygen atoms in total. The summed E-state index contributed by atoms with van der Waals surface area (Å²) in [5.41, 5.74) is 4.20. The molecule has 0 aliphatic carbocycles. The number of nitrogens with zero attached hydrogens (tertiary/aromatic N) is 3. The Kier molecular flexibility index (Phi) is 6.54. The molecule has 1 saturated heterocycles. The first-order chi connectivity index (χ1) is 16.6. The van der Waals surface area contributed by atoms with Crippen molar-refractivity contribution in [1.29, 1.82) is 0 Å². The third-order valence-electron chi connectivity index (χ3n) is 6.42. The molecule has 0 unspecified atom stereocenters. The van der Waals surface area contributed by atoms with E-state index < -0.39 is 0 Å². The number of benzene rings is 3. The van der Waals surface area contributed by atoms with Gasteiger partial charge < -0.3 is 14.2 Å². The lowest BCUT2D eigenvalue weighted by Crippen LogP contribution is -2.24. The predicted octanol–water partition coefficient (Wildman–Crippen LogP) is 6.24. The fraction of sp³-hybridized carbons (Fsp3) is 0.286. The summed E-state index contributed by atoms with van der Waals surface area (Å²) in [4.78, 5) is 19.7. The van der Waals surface area contributed by atoms with Crippen molar-refractivity contribution in [3.05, 3.63) is 89.2 Å². The highest BCUT2D eigenvalue weighted by molar-refractivity contribution is 6.30. The number of fused-ring (bicyclic) bond motifs is 1. The molecule has 34 heavy (non-hydrogen) atoms. The van der Waals surface area contributed by atoms with Crippen LogP contribution in [0, 0.1) is 0 Å². The Bertz CT molecular complexity index is 1300. The van der Waals surface area contributed by atoms with E-state index in [-0.39, 0.29) is 11.8 Å². The van der Waals surface area contributed by atoms with Crippen molar-refractivity contribution >= 4 is 34.2 Å². The zero-order chi connectivity index (χ0) is 23.5. The molecule has 0 N–H and O–H groups in total. The van der Waals surface area contributed by atoms with E-state index >= 15 is 0 Å². The highest BCUT2D eigenvalue weighted by atomic mass is 35.5. The Morgan fingerprint density at radius 3 is 2.68 bits per heavy atom. The Morgan fingerprint density at radius 1 is 1.06 bits per heavy atom. The molecule has 0 radical (unpaired) electrons. The van der Waals surface area contributed by atoms with Crippen molar-refractivity contribution in [1.82, 2.24) is 9.55 Å². The number of hydrogen-bond donors (Lipinski definition) is 0. The van der Waals surface area contributed by atoms with Gasteiger partial charge in [-0.05, 0) is 60.9 Å². The van der Waals surface area contributed by atoms with Gasteiger partial charge in [0.2, 0.25) is 5.91 Å². The number of halogens is 1. The molecule has 0 bridgehead atoms. The Hall–Kier alpha value is -3.31. The predicted molar refractivity (Wildman–Crippen MR) is 137 cm³/mol. The lowest BCUT2D eigenvalue weighted by molar-refractivity contribution is -0.117. The fourth-order valence-corrected chi connectivity index (χ4v) is 4.83. The van der Waals surface area contributed by atoms with Gasteiger partial charge in [-0.25, -0.2) is 4.98 Å². The summed E-state index contributed by atoms with van der Waals surface area (Å²) in [5.74, 6) is 1.99. The lowest BCUT2D eigenvalue weighted by atomic mass is 10.1. The van der Waals surface area contributed by atoms with Gasteiger partial charge in [-0.15, -0.1) is 0 Å². The summed E-state index contributed by atoms with van der Waals surface area (Å²) in [5, 5.41) is 0.630. The maximum atomic E-state index is 12.9. The quantitative estimate of drug-likeness (QED) is 0.284. The van der Waals surface area contributed by atoms with Crippen molar-refractivity contribution in [2.24, 2.45) is 0 Å². The number of hydrogen-bond acceptors (Lipinski definition) is 3. The van der Waals surface area contributed by atoms with E-state index in [2.05, 4.69) is 29.7 Å². The summed E-state index contributed by atoms with van der Waals surface area (Å²) < 4.78 is 8.24. The molecule has 5 rings (SSSR count). The zero-order valence-electron chi connectivity index (χ0n) is 19.3. The molecule has 1 aliphatic rings. The Balaban J connectivity index is 1.32. The van der Waals surface area contributed by atoms with Gasteiger partial charge in [-0.3, -0.25) is 4.79 Å². The number of aromatic nitrogens is 2. The molecule has 1 fully saturated rings. The second-order valence-corrected chi connectivity index (χ2v) is 9.13. The van der Waals surface area contributed by atoms with E-state index in [1.54, 1.807) is 0 Å². The van der Waals surface area contributed by atoms with Gasteiger partial charge in [0.05, 0.1) is 17.6 Å². The average Bonchev–Trinajstić information content (AvgIpc) is 3.42. The Labute approximate surface area is 204 Å². The highest BCUT2D eigenvalue weighted by Gasteiger charge is 2.34. The first-order valence-electron chi connectivity index (χ1n) is 11.8. The first kappa shape index (κ1) is 22.5. The van der Waals surface area contributed by atoms with Crippen LogP contribution in [0.1, 0.15) is 37.1 Å². The minimum absolute atomic E-state index is 0.0291. The number of carbonyl (C=O) groups excluding carboxylic acids is 1.